The van der Waals surface area contributed by atoms with Crippen LogP contribution in [0.25, 0.3) is 6.08 Å². The summed E-state index contributed by atoms with van der Waals surface area (Å²) in [5.41, 5.74) is -2.17. The highest BCUT2D eigenvalue weighted by Gasteiger charge is 2.44. The molecule has 1 unspecified atom stereocenters. The standard InChI is InChI=1S/C21H16F3NO7/c22-21(23,24)16-5-1-13(2-6-16)9-15-10-20(11-26,32-19(15)28)12-31-18(27)14-3-7-17(8-4-14)25(29)30/h1-9,26H,10-12H2/b15-9-. The molecule has 0 radical (unpaired) electrons. The minimum atomic E-state index is -4.49. The van der Waals surface area contributed by atoms with Gasteiger partial charge in [0.15, 0.2) is 5.60 Å². The lowest BCUT2D eigenvalue weighted by atomic mass is 9.97. The molecule has 1 saturated heterocycles. The third-order valence-corrected chi connectivity index (χ3v) is 4.73. The average molecular weight is 451 g/mol. The number of benzene rings is 2. The molecule has 1 atom stereocenters. The van der Waals surface area contributed by atoms with Crippen molar-refractivity contribution in [2.45, 2.75) is 18.2 Å². The van der Waals surface area contributed by atoms with Gasteiger partial charge in [0.2, 0.25) is 0 Å². The zero-order valence-electron chi connectivity index (χ0n) is 16.3. The van der Waals surface area contributed by atoms with E-state index < -0.39 is 47.4 Å². The minimum Gasteiger partial charge on any atom is -0.458 e. The van der Waals surface area contributed by atoms with Crippen molar-refractivity contribution in [1.82, 2.24) is 0 Å². The zero-order chi connectivity index (χ0) is 23.5. The minimum absolute atomic E-state index is 0.0218. The van der Waals surface area contributed by atoms with Crippen molar-refractivity contribution in [2.75, 3.05) is 13.2 Å². The van der Waals surface area contributed by atoms with Gasteiger partial charge in [-0.25, -0.2) is 9.59 Å². The van der Waals surface area contributed by atoms with E-state index in [1.807, 2.05) is 0 Å². The summed E-state index contributed by atoms with van der Waals surface area (Å²) in [5.74, 6) is -1.64. The molecule has 168 valence electrons. The maximum atomic E-state index is 12.7. The maximum absolute atomic E-state index is 12.7. The molecule has 1 heterocycles. The van der Waals surface area contributed by atoms with Crippen LogP contribution < -0.4 is 0 Å². The van der Waals surface area contributed by atoms with Crippen LogP contribution in [0.2, 0.25) is 0 Å². The quantitative estimate of drug-likeness (QED) is 0.309. The lowest BCUT2D eigenvalue weighted by Crippen LogP contribution is -2.39. The number of cyclic esters (lactones) is 1. The highest BCUT2D eigenvalue weighted by molar-refractivity contribution is 5.96. The lowest BCUT2D eigenvalue weighted by molar-refractivity contribution is -0.384. The fourth-order valence-electron chi connectivity index (χ4n) is 3.01. The molecule has 2 aromatic carbocycles. The number of non-ortho nitro benzene ring substituents is 1. The molecule has 11 heteroatoms. The zero-order valence-corrected chi connectivity index (χ0v) is 16.3. The van der Waals surface area contributed by atoms with Gasteiger partial charge in [0.05, 0.1) is 22.7 Å². The Kier molecular flexibility index (Phi) is 6.30. The number of nitrogens with zero attached hydrogens (tertiary/aromatic N) is 1. The van der Waals surface area contributed by atoms with Crippen LogP contribution in [0.4, 0.5) is 18.9 Å². The first kappa shape index (κ1) is 22.9. The van der Waals surface area contributed by atoms with Crippen LogP contribution in [-0.2, 0) is 20.4 Å². The van der Waals surface area contributed by atoms with Crippen LogP contribution in [-0.4, -0.2) is 40.8 Å². The van der Waals surface area contributed by atoms with Gasteiger partial charge in [-0.3, -0.25) is 10.1 Å². The van der Waals surface area contributed by atoms with E-state index in [1.54, 1.807) is 0 Å². The van der Waals surface area contributed by atoms with Crippen molar-refractivity contribution in [1.29, 1.82) is 0 Å². The summed E-state index contributed by atoms with van der Waals surface area (Å²) in [6, 6.07) is 8.77. The second-order valence-corrected chi connectivity index (χ2v) is 7.08. The van der Waals surface area contributed by atoms with E-state index in [0.717, 1.165) is 24.3 Å². The average Bonchev–Trinajstić information content (AvgIpc) is 3.07. The van der Waals surface area contributed by atoms with Crippen molar-refractivity contribution in [3.05, 3.63) is 80.9 Å². The number of aliphatic hydroxyl groups is 1. The molecule has 8 nitrogen and oxygen atoms in total. The van der Waals surface area contributed by atoms with Crippen molar-refractivity contribution in [2.24, 2.45) is 0 Å². The van der Waals surface area contributed by atoms with Gasteiger partial charge >= 0.3 is 18.1 Å². The second-order valence-electron chi connectivity index (χ2n) is 7.08. The molecule has 0 saturated carbocycles. The fourth-order valence-corrected chi connectivity index (χ4v) is 3.01. The Morgan fingerprint density at radius 2 is 1.81 bits per heavy atom. The molecule has 32 heavy (non-hydrogen) atoms. The Bertz CT molecular complexity index is 1060. The lowest BCUT2D eigenvalue weighted by Gasteiger charge is -2.24. The third kappa shape index (κ3) is 5.11. The summed E-state index contributed by atoms with van der Waals surface area (Å²) in [7, 11) is 0. The summed E-state index contributed by atoms with van der Waals surface area (Å²) in [4.78, 5) is 34.4. The van der Waals surface area contributed by atoms with E-state index in [0.29, 0.717) is 5.56 Å². The number of carbonyl (C=O) groups is 2. The van der Waals surface area contributed by atoms with E-state index in [-0.39, 0.29) is 23.2 Å². The Labute approximate surface area is 179 Å². The molecule has 1 fully saturated rings. The number of nitro groups is 1. The van der Waals surface area contributed by atoms with E-state index in [4.69, 9.17) is 9.47 Å². The van der Waals surface area contributed by atoms with Gasteiger partial charge in [-0.1, -0.05) is 12.1 Å². The number of nitro benzene ring substituents is 1. The van der Waals surface area contributed by atoms with Crippen LogP contribution >= 0.6 is 0 Å². The van der Waals surface area contributed by atoms with Crippen molar-refractivity contribution < 1.29 is 42.3 Å². The van der Waals surface area contributed by atoms with Crippen LogP contribution in [0.5, 0.6) is 0 Å². The largest absolute Gasteiger partial charge is 0.458 e. The molecule has 1 aliphatic rings. The number of rotatable bonds is 6. The highest BCUT2D eigenvalue weighted by atomic mass is 19.4. The topological polar surface area (TPSA) is 116 Å². The molecule has 1 aliphatic heterocycles. The van der Waals surface area contributed by atoms with Gasteiger partial charge < -0.3 is 14.6 Å². The predicted octanol–water partition coefficient (Wildman–Crippen LogP) is 3.53. The number of esters is 2. The number of ether oxygens (including phenoxy) is 2. The Hall–Kier alpha value is -3.73. The van der Waals surface area contributed by atoms with Crippen molar-refractivity contribution in [3.63, 3.8) is 0 Å². The van der Waals surface area contributed by atoms with E-state index >= 15 is 0 Å². The normalized spacial score (nSPS) is 19.6. The Morgan fingerprint density at radius 1 is 1.19 bits per heavy atom. The van der Waals surface area contributed by atoms with Gasteiger partial charge in [-0.15, -0.1) is 0 Å². The van der Waals surface area contributed by atoms with Crippen molar-refractivity contribution >= 4 is 23.7 Å². The molecule has 3 rings (SSSR count). The van der Waals surface area contributed by atoms with E-state index in [1.165, 1.54) is 30.3 Å². The number of aliphatic hydroxyl groups excluding tert-OH is 1. The Morgan fingerprint density at radius 3 is 2.34 bits per heavy atom. The summed E-state index contributed by atoms with van der Waals surface area (Å²) < 4.78 is 48.3. The first-order valence-electron chi connectivity index (χ1n) is 9.17. The molecular weight excluding hydrogens is 435 g/mol. The smallest absolute Gasteiger partial charge is 0.416 e. The molecule has 2 aromatic rings. The molecule has 0 aromatic heterocycles. The predicted molar refractivity (Wildman–Crippen MR) is 103 cm³/mol. The molecular formula is C21H16F3NO7. The number of carbonyl (C=O) groups excluding carboxylic acids is 2. The number of hydrogen-bond acceptors (Lipinski definition) is 7. The Balaban J connectivity index is 1.69. The molecule has 0 amide bonds. The van der Waals surface area contributed by atoms with Gasteiger partial charge in [-0.05, 0) is 35.9 Å². The third-order valence-electron chi connectivity index (χ3n) is 4.73. The van der Waals surface area contributed by atoms with Gasteiger partial charge in [0.1, 0.15) is 6.61 Å². The highest BCUT2D eigenvalue weighted by Crippen LogP contribution is 2.33. The van der Waals surface area contributed by atoms with Crippen LogP contribution in [0.1, 0.15) is 27.9 Å². The first-order chi connectivity index (χ1) is 15.0. The van der Waals surface area contributed by atoms with E-state index in [2.05, 4.69) is 0 Å². The summed E-state index contributed by atoms with van der Waals surface area (Å²) in [6.45, 7) is -1.16. The SMILES string of the molecule is O=C1OC(CO)(COC(=O)c2ccc([N+](=O)[O-])cc2)C/C1=C/c1ccc(C(F)(F)F)cc1. The van der Waals surface area contributed by atoms with Crippen LogP contribution in [0.3, 0.4) is 0 Å². The van der Waals surface area contributed by atoms with Crippen LogP contribution in [0.15, 0.2) is 54.1 Å². The van der Waals surface area contributed by atoms with Gasteiger partial charge in [0, 0.05) is 24.1 Å². The second kappa shape index (κ2) is 8.79. The van der Waals surface area contributed by atoms with E-state index in [9.17, 15) is 38.0 Å². The molecule has 1 N–H and O–H groups in total. The molecule has 0 spiro atoms. The first-order valence-corrected chi connectivity index (χ1v) is 9.17. The molecule has 0 bridgehead atoms. The summed E-state index contributed by atoms with van der Waals surface area (Å²) >= 11 is 0. The number of alkyl halides is 3. The van der Waals surface area contributed by atoms with Gasteiger partial charge in [0.25, 0.3) is 5.69 Å². The maximum Gasteiger partial charge on any atom is 0.416 e. The number of hydrogen-bond donors (Lipinski definition) is 1. The molecule has 0 aliphatic carbocycles. The summed E-state index contributed by atoms with van der Waals surface area (Å²) in [5, 5.41) is 20.4. The summed E-state index contributed by atoms with van der Waals surface area (Å²) in [6.07, 6.45) is -3.30. The fraction of sp³-hybridized carbons (Fsp3) is 0.238. The van der Waals surface area contributed by atoms with Crippen LogP contribution in [0, 0.1) is 10.1 Å². The number of halogens is 3. The van der Waals surface area contributed by atoms with Gasteiger partial charge in [-0.2, -0.15) is 13.2 Å². The monoisotopic (exact) mass is 451 g/mol. The van der Waals surface area contributed by atoms with Crippen molar-refractivity contribution in [3.8, 4) is 0 Å².